The van der Waals surface area contributed by atoms with E-state index in [4.69, 9.17) is 4.74 Å². The molecule has 2 amide bonds. The average molecular weight is 602 g/mol. The number of ether oxygens (including phenoxy) is 1. The molecule has 0 aliphatic heterocycles. The van der Waals surface area contributed by atoms with Gasteiger partial charge in [0, 0.05) is 10.2 Å². The van der Waals surface area contributed by atoms with Crippen molar-refractivity contribution in [3.63, 3.8) is 0 Å². The van der Waals surface area contributed by atoms with Crippen LogP contribution in [0.4, 0.5) is 5.69 Å². The van der Waals surface area contributed by atoms with E-state index in [0.29, 0.717) is 17.0 Å². The lowest BCUT2D eigenvalue weighted by Crippen LogP contribution is -2.48. The third-order valence-electron chi connectivity index (χ3n) is 5.33. The quantitative estimate of drug-likeness (QED) is 0.224. The van der Waals surface area contributed by atoms with E-state index >= 15 is 0 Å². The van der Waals surface area contributed by atoms with Crippen molar-refractivity contribution in [2.45, 2.75) is 31.7 Å². The zero-order chi connectivity index (χ0) is 27.7. The highest BCUT2D eigenvalue weighted by Crippen LogP contribution is 2.15. The van der Waals surface area contributed by atoms with Crippen LogP contribution in [0.1, 0.15) is 25.0 Å². The van der Waals surface area contributed by atoms with Gasteiger partial charge in [0.1, 0.15) is 11.8 Å². The third-order valence-corrected chi connectivity index (χ3v) is 7.31. The smallest absolute Gasteiger partial charge is 0.262 e. The van der Waals surface area contributed by atoms with Gasteiger partial charge in [-0.15, -0.1) is 0 Å². The summed E-state index contributed by atoms with van der Waals surface area (Å²) >= 11 is 3.34. The molecule has 0 heterocycles. The lowest BCUT2D eigenvalue weighted by molar-refractivity contribution is -0.123. The molecule has 38 heavy (non-hydrogen) atoms. The van der Waals surface area contributed by atoms with Gasteiger partial charge in [-0.3, -0.25) is 9.59 Å². The Morgan fingerprint density at radius 2 is 1.61 bits per heavy atom. The highest BCUT2D eigenvalue weighted by atomic mass is 79.9. The predicted molar refractivity (Wildman–Crippen MR) is 151 cm³/mol. The van der Waals surface area contributed by atoms with Gasteiger partial charge < -0.3 is 10.1 Å². The normalized spacial score (nSPS) is 12.3. The number of hydrazone groups is 1. The molecule has 200 valence electrons. The summed E-state index contributed by atoms with van der Waals surface area (Å²) in [6, 6.07) is 19.3. The zero-order valence-corrected chi connectivity index (χ0v) is 23.5. The van der Waals surface area contributed by atoms with Crippen LogP contribution in [-0.2, 0) is 19.6 Å². The van der Waals surface area contributed by atoms with Crippen molar-refractivity contribution in [2.75, 3.05) is 11.9 Å². The molecule has 0 radical (unpaired) electrons. The number of anilines is 1. The van der Waals surface area contributed by atoms with Crippen molar-refractivity contribution in [3.8, 4) is 5.75 Å². The number of hydrogen-bond donors (Lipinski definition) is 3. The fraction of sp³-hybridized carbons (Fsp3) is 0.222. The minimum atomic E-state index is -3.89. The molecule has 0 bridgehead atoms. The Morgan fingerprint density at radius 1 is 0.974 bits per heavy atom. The van der Waals surface area contributed by atoms with Crippen LogP contribution in [0, 0.1) is 12.8 Å². The largest absolute Gasteiger partial charge is 0.484 e. The Labute approximate surface area is 230 Å². The van der Waals surface area contributed by atoms with Crippen LogP contribution >= 0.6 is 15.9 Å². The maximum Gasteiger partial charge on any atom is 0.262 e. The van der Waals surface area contributed by atoms with Crippen molar-refractivity contribution >= 4 is 49.7 Å². The Morgan fingerprint density at radius 3 is 2.21 bits per heavy atom. The van der Waals surface area contributed by atoms with Gasteiger partial charge in [0.15, 0.2) is 6.61 Å². The van der Waals surface area contributed by atoms with Gasteiger partial charge in [0.25, 0.3) is 11.8 Å². The lowest BCUT2D eigenvalue weighted by atomic mass is 10.1. The summed E-state index contributed by atoms with van der Waals surface area (Å²) in [4.78, 5) is 24.8. The molecule has 11 heteroatoms. The van der Waals surface area contributed by atoms with E-state index in [9.17, 15) is 18.0 Å². The molecular weight excluding hydrogens is 572 g/mol. The summed E-state index contributed by atoms with van der Waals surface area (Å²) in [5, 5.41) is 6.69. The molecule has 0 unspecified atom stereocenters. The molecule has 3 N–H and O–H groups in total. The minimum Gasteiger partial charge on any atom is -0.484 e. The second kappa shape index (κ2) is 13.3. The highest BCUT2D eigenvalue weighted by Gasteiger charge is 2.28. The summed E-state index contributed by atoms with van der Waals surface area (Å²) in [5.41, 5.74) is 4.65. The Hall–Kier alpha value is -3.54. The molecule has 3 aromatic rings. The molecule has 0 saturated carbocycles. The summed E-state index contributed by atoms with van der Waals surface area (Å²) in [6.07, 6.45) is 1.42. The number of sulfonamides is 1. The zero-order valence-electron chi connectivity index (χ0n) is 21.1. The number of benzene rings is 3. The Bertz CT molecular complexity index is 1370. The lowest BCUT2D eigenvalue weighted by Gasteiger charge is -2.20. The van der Waals surface area contributed by atoms with Crippen molar-refractivity contribution in [2.24, 2.45) is 11.0 Å². The number of halogens is 1. The van der Waals surface area contributed by atoms with Crippen molar-refractivity contribution in [3.05, 3.63) is 88.4 Å². The van der Waals surface area contributed by atoms with Crippen LogP contribution in [0.5, 0.6) is 5.75 Å². The number of aryl methyl sites for hydroxylation is 1. The third kappa shape index (κ3) is 8.79. The number of carbonyl (C=O) groups excluding carboxylic acids is 2. The predicted octanol–water partition coefficient (Wildman–Crippen LogP) is 4.23. The van der Waals surface area contributed by atoms with Gasteiger partial charge in [0.05, 0.1) is 11.1 Å². The van der Waals surface area contributed by atoms with Gasteiger partial charge in [-0.1, -0.05) is 47.5 Å². The molecule has 3 rings (SSSR count). The maximum atomic E-state index is 12.7. The first-order valence-electron chi connectivity index (χ1n) is 11.7. The van der Waals surface area contributed by atoms with Crippen LogP contribution in [0.2, 0.25) is 0 Å². The van der Waals surface area contributed by atoms with E-state index in [1.807, 2.05) is 19.1 Å². The van der Waals surface area contributed by atoms with E-state index in [1.165, 1.54) is 18.3 Å². The van der Waals surface area contributed by atoms with Crippen molar-refractivity contribution in [1.82, 2.24) is 10.1 Å². The fourth-order valence-electron chi connectivity index (χ4n) is 3.21. The first-order chi connectivity index (χ1) is 18.0. The van der Waals surface area contributed by atoms with Gasteiger partial charge in [-0.2, -0.15) is 9.82 Å². The number of hydrogen-bond acceptors (Lipinski definition) is 6. The van der Waals surface area contributed by atoms with E-state index < -0.39 is 22.0 Å². The molecule has 0 aliphatic carbocycles. The van der Waals surface area contributed by atoms with Gasteiger partial charge >= 0.3 is 0 Å². The Balaban J connectivity index is 1.51. The first-order valence-corrected chi connectivity index (χ1v) is 14.0. The van der Waals surface area contributed by atoms with Gasteiger partial charge in [-0.25, -0.2) is 13.8 Å². The number of nitrogens with one attached hydrogen (secondary N) is 3. The summed E-state index contributed by atoms with van der Waals surface area (Å²) in [7, 11) is -3.89. The van der Waals surface area contributed by atoms with Crippen LogP contribution < -0.4 is 20.2 Å². The second-order valence-corrected chi connectivity index (χ2v) is 11.4. The molecule has 9 nitrogen and oxygen atoms in total. The van der Waals surface area contributed by atoms with Crippen molar-refractivity contribution < 1.29 is 22.7 Å². The maximum absolute atomic E-state index is 12.7. The van der Waals surface area contributed by atoms with Crippen LogP contribution in [0.15, 0.2) is 87.3 Å². The summed E-state index contributed by atoms with van der Waals surface area (Å²) in [6.45, 7) is 5.18. The number of rotatable bonds is 11. The number of amides is 2. The van der Waals surface area contributed by atoms with Crippen molar-refractivity contribution in [1.29, 1.82) is 0 Å². The van der Waals surface area contributed by atoms with Gasteiger partial charge in [-0.05, 0) is 79.1 Å². The van der Waals surface area contributed by atoms with Gasteiger partial charge in [0.2, 0.25) is 10.0 Å². The summed E-state index contributed by atoms with van der Waals surface area (Å²) < 4.78 is 34.3. The molecule has 0 aromatic heterocycles. The van der Waals surface area contributed by atoms with Crippen LogP contribution in [-0.4, -0.2) is 39.1 Å². The Kier molecular flexibility index (Phi) is 10.2. The van der Waals surface area contributed by atoms with E-state index in [2.05, 4.69) is 36.5 Å². The van der Waals surface area contributed by atoms with E-state index in [-0.39, 0.29) is 23.3 Å². The molecule has 0 spiro atoms. The molecule has 3 aromatic carbocycles. The summed E-state index contributed by atoms with van der Waals surface area (Å²) in [5.74, 6) is -0.701. The number of carbonyl (C=O) groups is 2. The molecule has 0 aliphatic rings. The molecule has 0 saturated heterocycles. The molecular formula is C27H29BrN4O5S. The molecule has 1 atom stereocenters. The number of nitrogens with zero attached hydrogens (tertiary/aromatic N) is 1. The van der Waals surface area contributed by atoms with Crippen LogP contribution in [0.25, 0.3) is 0 Å². The highest BCUT2D eigenvalue weighted by molar-refractivity contribution is 9.10. The topological polar surface area (TPSA) is 126 Å². The second-order valence-electron chi connectivity index (χ2n) is 8.80. The first kappa shape index (κ1) is 29.0. The SMILES string of the molecule is Cc1ccc(S(=O)(=O)N[C@H](C(=O)N/N=C\c2ccc(OCC(=O)Nc3ccc(Br)cc3)cc2)C(C)C)cc1. The fourth-order valence-corrected chi connectivity index (χ4v) is 4.82. The average Bonchev–Trinajstić information content (AvgIpc) is 2.88. The minimum absolute atomic E-state index is 0.0816. The molecule has 0 fully saturated rings. The monoisotopic (exact) mass is 600 g/mol. The van der Waals surface area contributed by atoms with Crippen LogP contribution in [0.3, 0.4) is 0 Å². The van der Waals surface area contributed by atoms with E-state index in [1.54, 1.807) is 62.4 Å². The van der Waals surface area contributed by atoms with E-state index in [0.717, 1.165) is 10.0 Å². The standard InChI is InChI=1S/C27H29BrN4O5S/c1-18(2)26(32-38(35,36)24-14-4-19(3)5-15-24)27(34)31-29-16-20-6-12-23(13-7-20)37-17-25(33)30-22-10-8-21(28)9-11-22/h4-16,18,26,32H,17H2,1-3H3,(H,30,33)(H,31,34)/b29-16-/t26-/m0/s1.